The van der Waals surface area contributed by atoms with Crippen molar-refractivity contribution in [2.45, 2.75) is 0 Å². The molecule has 2 aliphatic heterocycles. The van der Waals surface area contributed by atoms with E-state index in [4.69, 9.17) is 0 Å². The number of fused-ring (bicyclic) bond motifs is 2. The summed E-state index contributed by atoms with van der Waals surface area (Å²) in [4.78, 5) is 24.6. The molecule has 0 saturated carbocycles. The fourth-order valence-corrected chi connectivity index (χ4v) is 2.70. The Morgan fingerprint density at radius 3 is 2.43 bits per heavy atom. The van der Waals surface area contributed by atoms with Crippen molar-refractivity contribution in [3.8, 4) is 0 Å². The van der Waals surface area contributed by atoms with E-state index in [9.17, 15) is 14.0 Å². The van der Waals surface area contributed by atoms with Gasteiger partial charge in [-0.15, -0.1) is 0 Å². The van der Waals surface area contributed by atoms with Gasteiger partial charge in [-0.3, -0.25) is 9.59 Å². The van der Waals surface area contributed by atoms with Gasteiger partial charge in [0.1, 0.15) is 11.5 Å². The Kier molecular flexibility index (Phi) is 2.27. The topological polar surface area (TPSA) is 58.2 Å². The summed E-state index contributed by atoms with van der Waals surface area (Å²) >= 11 is 0. The zero-order valence-corrected chi connectivity index (χ0v) is 10.7. The summed E-state index contributed by atoms with van der Waals surface area (Å²) in [5.74, 6) is -1.24. The molecule has 2 aliphatic rings. The molecule has 0 unspecified atom stereocenters. The number of hydrogen-bond donors (Lipinski definition) is 2. The van der Waals surface area contributed by atoms with Gasteiger partial charge >= 0.3 is 0 Å². The summed E-state index contributed by atoms with van der Waals surface area (Å²) in [6, 6.07) is 11.4. The normalized spacial score (nSPS) is 19.1. The van der Waals surface area contributed by atoms with Crippen molar-refractivity contribution in [2.75, 3.05) is 10.6 Å². The van der Waals surface area contributed by atoms with Gasteiger partial charge in [-0.1, -0.05) is 24.3 Å². The van der Waals surface area contributed by atoms with Crippen molar-refractivity contribution in [2.24, 2.45) is 0 Å². The van der Waals surface area contributed by atoms with Gasteiger partial charge in [-0.2, -0.15) is 0 Å². The number of allylic oxidation sites excluding steroid dienone is 1. The minimum Gasteiger partial charge on any atom is -0.351 e. The number of para-hydroxylation sites is 2. The fraction of sp³-hybridized carbons (Fsp3) is 0. The zero-order valence-electron chi connectivity index (χ0n) is 10.7. The molecule has 0 atom stereocenters. The minimum absolute atomic E-state index is 0.121. The average Bonchev–Trinajstić information content (AvgIpc) is 2.98. The maximum absolute atomic E-state index is 13.7. The Balaban J connectivity index is 1.95. The predicted molar refractivity (Wildman–Crippen MR) is 76.3 cm³/mol. The maximum Gasteiger partial charge on any atom is 0.258 e. The van der Waals surface area contributed by atoms with Gasteiger partial charge in [0, 0.05) is 16.8 Å². The molecular formula is C16H9FN2O2. The van der Waals surface area contributed by atoms with Crippen LogP contribution in [0.3, 0.4) is 0 Å². The predicted octanol–water partition coefficient (Wildman–Crippen LogP) is 2.80. The summed E-state index contributed by atoms with van der Waals surface area (Å²) < 4.78 is 13.7. The third-order valence-corrected chi connectivity index (χ3v) is 3.66. The molecule has 0 bridgehead atoms. The fourth-order valence-electron chi connectivity index (χ4n) is 2.70. The van der Waals surface area contributed by atoms with Crippen LogP contribution in [-0.2, 0) is 4.79 Å². The third-order valence-electron chi connectivity index (χ3n) is 3.66. The highest BCUT2D eigenvalue weighted by atomic mass is 19.1. The summed E-state index contributed by atoms with van der Waals surface area (Å²) in [5, 5.41) is 5.44. The quantitative estimate of drug-likeness (QED) is 0.729. The van der Waals surface area contributed by atoms with Gasteiger partial charge in [-0.05, 0) is 18.2 Å². The molecule has 2 aromatic carbocycles. The monoisotopic (exact) mass is 280 g/mol. The van der Waals surface area contributed by atoms with E-state index >= 15 is 0 Å². The van der Waals surface area contributed by atoms with Crippen LogP contribution in [-0.4, -0.2) is 11.7 Å². The molecule has 0 aliphatic carbocycles. The lowest BCUT2D eigenvalue weighted by Crippen LogP contribution is -2.11. The lowest BCUT2D eigenvalue weighted by atomic mass is 10.0. The lowest BCUT2D eigenvalue weighted by molar-refractivity contribution is -0.110. The van der Waals surface area contributed by atoms with Gasteiger partial charge in [0.05, 0.1) is 11.3 Å². The highest BCUT2D eigenvalue weighted by molar-refractivity contribution is 6.38. The lowest BCUT2D eigenvalue weighted by Gasteiger charge is -2.03. The average molecular weight is 280 g/mol. The molecule has 4 nitrogen and oxygen atoms in total. The van der Waals surface area contributed by atoms with Crippen LogP contribution in [0, 0.1) is 5.82 Å². The molecule has 2 heterocycles. The van der Waals surface area contributed by atoms with Crippen molar-refractivity contribution in [1.82, 2.24) is 0 Å². The molecule has 0 radical (unpaired) electrons. The van der Waals surface area contributed by atoms with Crippen molar-refractivity contribution < 1.29 is 14.0 Å². The smallest absolute Gasteiger partial charge is 0.258 e. The standard InChI is InChI=1S/C16H9FN2O2/c17-10-6-3-5-9-12(16(21)19-13(9)10)14-15(20)8-4-1-2-7-11(8)18-14/h1-7,18H,(H,19,21)/b14-12-. The Labute approximate surface area is 119 Å². The number of anilines is 2. The highest BCUT2D eigenvalue weighted by Crippen LogP contribution is 2.39. The van der Waals surface area contributed by atoms with Gasteiger partial charge in [0.15, 0.2) is 0 Å². The number of benzene rings is 2. The van der Waals surface area contributed by atoms with Crippen molar-refractivity contribution in [1.29, 1.82) is 0 Å². The molecule has 0 saturated heterocycles. The first-order valence-corrected chi connectivity index (χ1v) is 6.42. The van der Waals surface area contributed by atoms with Crippen LogP contribution < -0.4 is 10.6 Å². The molecule has 0 aromatic heterocycles. The third kappa shape index (κ3) is 1.54. The molecule has 5 heteroatoms. The first-order valence-electron chi connectivity index (χ1n) is 6.42. The van der Waals surface area contributed by atoms with Gasteiger partial charge in [0.2, 0.25) is 5.78 Å². The number of Topliss-reactive ketones (excluding diaryl/α,β-unsaturated/α-hetero) is 1. The first kappa shape index (κ1) is 11.8. The number of rotatable bonds is 0. The van der Waals surface area contributed by atoms with Gasteiger partial charge < -0.3 is 10.6 Å². The van der Waals surface area contributed by atoms with E-state index in [-0.39, 0.29) is 22.7 Å². The zero-order chi connectivity index (χ0) is 14.6. The molecule has 4 rings (SSSR count). The van der Waals surface area contributed by atoms with Crippen molar-refractivity contribution in [3.05, 3.63) is 65.1 Å². The maximum atomic E-state index is 13.7. The molecule has 102 valence electrons. The first-order chi connectivity index (χ1) is 10.2. The Morgan fingerprint density at radius 1 is 0.857 bits per heavy atom. The number of carbonyl (C=O) groups is 2. The second-order valence-electron chi connectivity index (χ2n) is 4.87. The van der Waals surface area contributed by atoms with Crippen LogP contribution in [0.4, 0.5) is 15.8 Å². The Bertz CT molecular complexity index is 855. The van der Waals surface area contributed by atoms with Crippen molar-refractivity contribution >= 4 is 28.6 Å². The summed E-state index contributed by atoms with van der Waals surface area (Å²) in [6.07, 6.45) is 0. The van der Waals surface area contributed by atoms with Crippen LogP contribution in [0.1, 0.15) is 15.9 Å². The summed E-state index contributed by atoms with van der Waals surface area (Å²) in [5.41, 5.74) is 2.07. The minimum atomic E-state index is -0.514. The molecule has 0 spiro atoms. The molecule has 2 aromatic rings. The second kappa shape index (κ2) is 4.02. The van der Waals surface area contributed by atoms with E-state index in [2.05, 4.69) is 10.6 Å². The number of nitrogens with one attached hydrogen (secondary N) is 2. The molecule has 0 fully saturated rings. The SMILES string of the molecule is O=C1Nc2c(F)cccc2/C1=C1/Nc2ccccc2C1=O. The number of halogens is 1. The van der Waals surface area contributed by atoms with E-state index in [1.165, 1.54) is 12.1 Å². The van der Waals surface area contributed by atoms with E-state index in [1.807, 2.05) is 0 Å². The van der Waals surface area contributed by atoms with Crippen LogP contribution in [0.2, 0.25) is 0 Å². The van der Waals surface area contributed by atoms with Crippen molar-refractivity contribution in [3.63, 3.8) is 0 Å². The number of hydrogen-bond acceptors (Lipinski definition) is 3. The Hall–Kier alpha value is -2.95. The van der Waals surface area contributed by atoms with Gasteiger partial charge in [0.25, 0.3) is 5.91 Å². The van der Waals surface area contributed by atoms with E-state index in [1.54, 1.807) is 30.3 Å². The van der Waals surface area contributed by atoms with Crippen LogP contribution in [0.15, 0.2) is 48.2 Å². The summed E-state index contributed by atoms with van der Waals surface area (Å²) in [6.45, 7) is 0. The Morgan fingerprint density at radius 2 is 1.62 bits per heavy atom. The van der Waals surface area contributed by atoms with Crippen LogP contribution >= 0.6 is 0 Å². The molecule has 1 amide bonds. The second-order valence-corrected chi connectivity index (χ2v) is 4.87. The van der Waals surface area contributed by atoms with E-state index in [0.717, 1.165) is 0 Å². The molecule has 2 N–H and O–H groups in total. The van der Waals surface area contributed by atoms with Gasteiger partial charge in [-0.25, -0.2) is 4.39 Å². The van der Waals surface area contributed by atoms with E-state index < -0.39 is 11.7 Å². The molecular weight excluding hydrogens is 271 g/mol. The largest absolute Gasteiger partial charge is 0.351 e. The number of ketones is 1. The number of amides is 1. The van der Waals surface area contributed by atoms with E-state index in [0.29, 0.717) is 16.8 Å². The summed E-state index contributed by atoms with van der Waals surface area (Å²) in [7, 11) is 0. The highest BCUT2D eigenvalue weighted by Gasteiger charge is 2.35. The van der Waals surface area contributed by atoms with Crippen LogP contribution in [0.25, 0.3) is 5.57 Å². The number of carbonyl (C=O) groups excluding carboxylic acids is 2. The molecule has 21 heavy (non-hydrogen) atoms. The van der Waals surface area contributed by atoms with Crippen LogP contribution in [0.5, 0.6) is 0 Å².